The molecule has 1 aromatic rings. The Kier molecular flexibility index (Phi) is 6.26. The number of sulfonamides is 1. The number of benzene rings is 1. The van der Waals surface area contributed by atoms with Gasteiger partial charge in [-0.3, -0.25) is 4.90 Å². The lowest BCUT2D eigenvalue weighted by molar-refractivity contribution is 0.261. The number of hydrogen-bond acceptors (Lipinski definition) is 4. The van der Waals surface area contributed by atoms with E-state index in [1.54, 1.807) is 0 Å². The standard InChI is InChI=1S/C13H21N3O2S.ClH/c1-15-19(17,18)10-13-6-3-7-16(13)9-11-4-2-5-12(14)8-11;/h2,4-5,8,13,15H,3,6-7,9-10,14H2,1H3;1H. The zero-order valence-corrected chi connectivity index (χ0v) is 13.2. The summed E-state index contributed by atoms with van der Waals surface area (Å²) in [5.41, 5.74) is 7.65. The highest BCUT2D eigenvalue weighted by molar-refractivity contribution is 7.89. The Labute approximate surface area is 127 Å². The van der Waals surface area contributed by atoms with E-state index >= 15 is 0 Å². The van der Waals surface area contributed by atoms with Gasteiger partial charge in [0.2, 0.25) is 10.0 Å². The number of anilines is 1. The molecule has 0 spiro atoms. The van der Waals surface area contributed by atoms with Crippen LogP contribution in [0, 0.1) is 0 Å². The van der Waals surface area contributed by atoms with Crippen LogP contribution in [-0.2, 0) is 16.6 Å². The monoisotopic (exact) mass is 319 g/mol. The van der Waals surface area contributed by atoms with Crippen LogP contribution < -0.4 is 10.5 Å². The minimum atomic E-state index is -3.15. The summed E-state index contributed by atoms with van der Waals surface area (Å²) in [7, 11) is -1.69. The minimum Gasteiger partial charge on any atom is -0.399 e. The minimum absolute atomic E-state index is 0. The molecule has 0 radical (unpaired) electrons. The van der Waals surface area contributed by atoms with Crippen molar-refractivity contribution in [3.8, 4) is 0 Å². The highest BCUT2D eigenvalue weighted by atomic mass is 35.5. The van der Waals surface area contributed by atoms with E-state index in [1.807, 2.05) is 24.3 Å². The highest BCUT2D eigenvalue weighted by Crippen LogP contribution is 2.21. The maximum atomic E-state index is 11.6. The van der Waals surface area contributed by atoms with Gasteiger partial charge in [-0.25, -0.2) is 13.1 Å². The summed E-state index contributed by atoms with van der Waals surface area (Å²) >= 11 is 0. The van der Waals surface area contributed by atoms with Crippen LogP contribution in [0.2, 0.25) is 0 Å². The Morgan fingerprint density at radius 2 is 2.20 bits per heavy atom. The summed E-state index contributed by atoms with van der Waals surface area (Å²) in [5.74, 6) is 0.172. The van der Waals surface area contributed by atoms with Crippen LogP contribution in [0.3, 0.4) is 0 Å². The van der Waals surface area contributed by atoms with E-state index in [-0.39, 0.29) is 24.2 Å². The lowest BCUT2D eigenvalue weighted by atomic mass is 10.2. The van der Waals surface area contributed by atoms with Crippen molar-refractivity contribution in [3.63, 3.8) is 0 Å². The normalized spacial score (nSPS) is 19.8. The highest BCUT2D eigenvalue weighted by Gasteiger charge is 2.28. The molecule has 0 aromatic heterocycles. The zero-order chi connectivity index (χ0) is 13.9. The van der Waals surface area contributed by atoms with Gasteiger partial charge < -0.3 is 5.73 Å². The quantitative estimate of drug-likeness (QED) is 0.800. The molecule has 1 heterocycles. The summed E-state index contributed by atoms with van der Waals surface area (Å²) in [6.45, 7) is 1.70. The van der Waals surface area contributed by atoms with Crippen LogP contribution in [0.1, 0.15) is 18.4 Å². The maximum Gasteiger partial charge on any atom is 0.212 e. The summed E-state index contributed by atoms with van der Waals surface area (Å²) in [4.78, 5) is 2.23. The molecule has 7 heteroatoms. The molecule has 1 atom stereocenters. The Balaban J connectivity index is 0.00000200. The largest absolute Gasteiger partial charge is 0.399 e. The van der Waals surface area contributed by atoms with E-state index in [9.17, 15) is 8.42 Å². The van der Waals surface area contributed by atoms with Crippen molar-refractivity contribution in [3.05, 3.63) is 29.8 Å². The van der Waals surface area contributed by atoms with E-state index in [1.165, 1.54) is 7.05 Å². The third-order valence-electron chi connectivity index (χ3n) is 3.56. The Hall–Kier alpha value is -0.820. The number of rotatable bonds is 5. The summed E-state index contributed by atoms with van der Waals surface area (Å²) in [5, 5.41) is 0. The molecule has 1 unspecified atom stereocenters. The summed E-state index contributed by atoms with van der Waals surface area (Å²) in [6.07, 6.45) is 1.98. The van der Waals surface area contributed by atoms with Crippen molar-refractivity contribution in [1.82, 2.24) is 9.62 Å². The van der Waals surface area contributed by atoms with Crippen LogP contribution in [-0.4, -0.2) is 38.7 Å². The molecule has 1 aliphatic rings. The van der Waals surface area contributed by atoms with Crippen molar-refractivity contribution >= 4 is 28.1 Å². The van der Waals surface area contributed by atoms with Crippen molar-refractivity contribution in [2.24, 2.45) is 0 Å². The molecule has 1 saturated heterocycles. The van der Waals surface area contributed by atoms with Crippen molar-refractivity contribution in [1.29, 1.82) is 0 Å². The third-order valence-corrected chi connectivity index (χ3v) is 5.00. The molecule has 2 rings (SSSR count). The summed E-state index contributed by atoms with van der Waals surface area (Å²) in [6, 6.07) is 7.86. The van der Waals surface area contributed by atoms with Crippen LogP contribution >= 0.6 is 12.4 Å². The molecular formula is C13H22ClN3O2S. The first kappa shape index (κ1) is 17.2. The van der Waals surface area contributed by atoms with Crippen molar-refractivity contribution < 1.29 is 8.42 Å². The Bertz CT molecular complexity index is 536. The molecule has 0 saturated carbocycles. The van der Waals surface area contributed by atoms with E-state index < -0.39 is 10.0 Å². The smallest absolute Gasteiger partial charge is 0.212 e. The summed E-state index contributed by atoms with van der Waals surface area (Å²) < 4.78 is 25.7. The van der Waals surface area contributed by atoms with Gasteiger partial charge in [0.15, 0.2) is 0 Å². The topological polar surface area (TPSA) is 75.4 Å². The molecule has 0 amide bonds. The fourth-order valence-corrected chi connectivity index (χ4v) is 3.61. The van der Waals surface area contributed by atoms with E-state index in [0.29, 0.717) is 0 Å². The number of likely N-dealkylation sites (tertiary alicyclic amines) is 1. The average molecular weight is 320 g/mol. The first-order chi connectivity index (χ1) is 9.00. The first-order valence-corrected chi connectivity index (χ1v) is 8.15. The second-order valence-electron chi connectivity index (χ2n) is 5.00. The van der Waals surface area contributed by atoms with Gasteiger partial charge in [-0.15, -0.1) is 12.4 Å². The van der Waals surface area contributed by atoms with Gasteiger partial charge in [-0.05, 0) is 44.1 Å². The molecule has 20 heavy (non-hydrogen) atoms. The van der Waals surface area contributed by atoms with Gasteiger partial charge in [0.1, 0.15) is 0 Å². The van der Waals surface area contributed by atoms with Crippen LogP contribution in [0.15, 0.2) is 24.3 Å². The number of halogens is 1. The molecular weight excluding hydrogens is 298 g/mol. The molecule has 0 bridgehead atoms. The van der Waals surface area contributed by atoms with Crippen LogP contribution in [0.4, 0.5) is 5.69 Å². The molecule has 1 aromatic carbocycles. The lowest BCUT2D eigenvalue weighted by Gasteiger charge is -2.24. The predicted octanol–water partition coefficient (Wildman–Crippen LogP) is 1.20. The zero-order valence-electron chi connectivity index (χ0n) is 11.6. The van der Waals surface area contributed by atoms with E-state index in [4.69, 9.17) is 5.73 Å². The maximum absolute atomic E-state index is 11.6. The van der Waals surface area contributed by atoms with Crippen molar-refractivity contribution in [2.45, 2.75) is 25.4 Å². The van der Waals surface area contributed by atoms with Crippen molar-refractivity contribution in [2.75, 3.05) is 25.1 Å². The molecule has 5 nitrogen and oxygen atoms in total. The van der Waals surface area contributed by atoms with Gasteiger partial charge in [0.25, 0.3) is 0 Å². The molecule has 114 valence electrons. The van der Waals surface area contributed by atoms with Crippen LogP contribution in [0.5, 0.6) is 0 Å². The Morgan fingerprint density at radius 1 is 1.45 bits per heavy atom. The third kappa shape index (κ3) is 4.63. The molecule has 1 aliphatic heterocycles. The first-order valence-electron chi connectivity index (χ1n) is 6.50. The molecule has 3 N–H and O–H groups in total. The fourth-order valence-electron chi connectivity index (χ4n) is 2.55. The van der Waals surface area contributed by atoms with E-state index in [2.05, 4.69) is 9.62 Å². The van der Waals surface area contributed by atoms with Crippen LogP contribution in [0.25, 0.3) is 0 Å². The molecule has 1 fully saturated rings. The van der Waals surface area contributed by atoms with Gasteiger partial charge in [-0.1, -0.05) is 12.1 Å². The van der Waals surface area contributed by atoms with Gasteiger partial charge in [0, 0.05) is 18.3 Å². The van der Waals surface area contributed by atoms with Gasteiger partial charge in [0.05, 0.1) is 5.75 Å². The fraction of sp³-hybridized carbons (Fsp3) is 0.538. The average Bonchev–Trinajstić information content (AvgIpc) is 2.76. The van der Waals surface area contributed by atoms with E-state index in [0.717, 1.165) is 37.2 Å². The molecule has 0 aliphatic carbocycles. The number of nitrogens with zero attached hydrogens (tertiary/aromatic N) is 1. The second-order valence-corrected chi connectivity index (χ2v) is 6.97. The second kappa shape index (κ2) is 7.26. The van der Waals surface area contributed by atoms with Gasteiger partial charge in [-0.2, -0.15) is 0 Å². The number of nitrogens with one attached hydrogen (secondary N) is 1. The number of nitrogen functional groups attached to an aromatic ring is 1. The predicted molar refractivity (Wildman–Crippen MR) is 84.4 cm³/mol. The number of nitrogens with two attached hydrogens (primary N) is 1. The lowest BCUT2D eigenvalue weighted by Crippen LogP contribution is -2.38. The number of hydrogen-bond donors (Lipinski definition) is 2. The Morgan fingerprint density at radius 3 is 2.85 bits per heavy atom. The van der Waals surface area contributed by atoms with Gasteiger partial charge >= 0.3 is 0 Å². The SMILES string of the molecule is CNS(=O)(=O)CC1CCCN1Cc1cccc(N)c1.Cl.